The zero-order valence-electron chi connectivity index (χ0n) is 19.4. The van der Waals surface area contributed by atoms with E-state index in [1.165, 1.54) is 29.5 Å². The Hall–Kier alpha value is -3.11. The number of aryl methyl sites for hydroxylation is 1. The molecule has 0 bridgehead atoms. The maximum atomic E-state index is 13.6. The number of ether oxygens (including phenoxy) is 3. The van der Waals surface area contributed by atoms with Crippen molar-refractivity contribution in [2.45, 2.75) is 30.8 Å². The number of sulfonamides is 1. The number of anilines is 1. The van der Waals surface area contributed by atoms with Crippen LogP contribution in [0.3, 0.4) is 0 Å². The van der Waals surface area contributed by atoms with Crippen molar-refractivity contribution >= 4 is 27.6 Å². The van der Waals surface area contributed by atoms with Gasteiger partial charge in [0, 0.05) is 13.1 Å². The first-order valence-electron chi connectivity index (χ1n) is 11.1. The lowest BCUT2D eigenvalue weighted by molar-refractivity contribution is -0.148. The summed E-state index contributed by atoms with van der Waals surface area (Å²) >= 11 is 0. The molecule has 2 aromatic carbocycles. The van der Waals surface area contributed by atoms with E-state index in [-0.39, 0.29) is 23.9 Å². The molecular formula is C24H28N2O7S. The van der Waals surface area contributed by atoms with Gasteiger partial charge >= 0.3 is 5.97 Å². The second kappa shape index (κ2) is 9.63. The average molecular weight is 489 g/mol. The van der Waals surface area contributed by atoms with Crippen molar-refractivity contribution in [3.05, 3.63) is 48.0 Å². The van der Waals surface area contributed by atoms with E-state index in [0.29, 0.717) is 42.1 Å². The molecule has 0 aromatic heterocycles. The fraction of sp³-hybridized carbons (Fsp3) is 0.417. The molecule has 0 aliphatic carbocycles. The average Bonchev–Trinajstić information content (AvgIpc) is 2.87. The van der Waals surface area contributed by atoms with Gasteiger partial charge in [-0.1, -0.05) is 12.1 Å². The number of esters is 1. The van der Waals surface area contributed by atoms with E-state index in [9.17, 15) is 18.0 Å². The van der Waals surface area contributed by atoms with E-state index in [1.54, 1.807) is 43.3 Å². The number of benzene rings is 2. The molecular weight excluding hydrogens is 460 g/mol. The third-order valence-corrected chi connectivity index (χ3v) is 8.10. The second-order valence-electron chi connectivity index (χ2n) is 8.38. The van der Waals surface area contributed by atoms with E-state index in [2.05, 4.69) is 0 Å². The molecule has 0 spiro atoms. The van der Waals surface area contributed by atoms with Crippen LogP contribution in [-0.4, -0.2) is 64.6 Å². The Morgan fingerprint density at radius 1 is 1.09 bits per heavy atom. The normalized spacial score (nSPS) is 20.7. The number of carbonyl (C=O) groups is 2. The Morgan fingerprint density at radius 2 is 1.85 bits per heavy atom. The van der Waals surface area contributed by atoms with Crippen LogP contribution in [0.1, 0.15) is 18.4 Å². The van der Waals surface area contributed by atoms with Crippen LogP contribution < -0.4 is 14.4 Å². The van der Waals surface area contributed by atoms with Crippen molar-refractivity contribution in [1.29, 1.82) is 0 Å². The number of fused-ring (bicyclic) bond motifs is 1. The van der Waals surface area contributed by atoms with Gasteiger partial charge in [-0.05, 0) is 55.7 Å². The van der Waals surface area contributed by atoms with Crippen LogP contribution in [0.15, 0.2) is 47.4 Å². The maximum Gasteiger partial charge on any atom is 0.348 e. The van der Waals surface area contributed by atoms with Gasteiger partial charge in [-0.25, -0.2) is 13.2 Å². The number of hydrogen-bond donors (Lipinski definition) is 0. The Kier molecular flexibility index (Phi) is 6.81. The number of nitrogens with zero attached hydrogens (tertiary/aromatic N) is 2. The standard InChI is InChI=1S/C24H28N2O7S/c1-16-13-18(10-11-20(16)31-2)34(29,30)25-12-6-7-17(14-25)23(27)26-15-22(24(28)32-3)33-21-9-5-4-8-19(21)26/h4-5,8-11,13,17,22H,6-7,12,14-15H2,1-3H3/t17-,22+/m1/s1. The Labute approximate surface area is 199 Å². The summed E-state index contributed by atoms with van der Waals surface area (Å²) in [6.45, 7) is 2.19. The van der Waals surface area contributed by atoms with E-state index >= 15 is 0 Å². The first kappa shape index (κ1) is 24.0. The topological polar surface area (TPSA) is 102 Å². The molecule has 34 heavy (non-hydrogen) atoms. The molecule has 0 radical (unpaired) electrons. The monoisotopic (exact) mass is 488 g/mol. The molecule has 1 saturated heterocycles. The molecule has 2 aliphatic heterocycles. The van der Waals surface area contributed by atoms with Gasteiger partial charge in [0.15, 0.2) is 0 Å². The summed E-state index contributed by atoms with van der Waals surface area (Å²) in [6, 6.07) is 11.7. The summed E-state index contributed by atoms with van der Waals surface area (Å²) in [4.78, 5) is 27.4. The van der Waals surface area contributed by atoms with E-state index in [1.807, 2.05) is 0 Å². The van der Waals surface area contributed by atoms with Crippen molar-refractivity contribution in [2.24, 2.45) is 5.92 Å². The zero-order valence-corrected chi connectivity index (χ0v) is 20.2. The first-order valence-corrected chi connectivity index (χ1v) is 12.5. The molecule has 2 heterocycles. The van der Waals surface area contributed by atoms with Gasteiger partial charge in [0.25, 0.3) is 0 Å². The van der Waals surface area contributed by atoms with Gasteiger partial charge in [-0.2, -0.15) is 4.31 Å². The number of piperidine rings is 1. The van der Waals surface area contributed by atoms with Gasteiger partial charge in [0.05, 0.1) is 37.3 Å². The molecule has 10 heteroatoms. The highest BCUT2D eigenvalue weighted by molar-refractivity contribution is 7.89. The molecule has 9 nitrogen and oxygen atoms in total. The van der Waals surface area contributed by atoms with E-state index < -0.39 is 28.0 Å². The maximum absolute atomic E-state index is 13.6. The van der Waals surface area contributed by atoms with Crippen LogP contribution in [0.4, 0.5) is 5.69 Å². The summed E-state index contributed by atoms with van der Waals surface area (Å²) in [7, 11) is -0.987. The van der Waals surface area contributed by atoms with Crippen LogP contribution in [-0.2, 0) is 24.3 Å². The van der Waals surface area contributed by atoms with Crippen LogP contribution in [0.2, 0.25) is 0 Å². The number of para-hydroxylation sites is 2. The molecule has 2 aliphatic rings. The van der Waals surface area contributed by atoms with Gasteiger partial charge in [-0.3, -0.25) is 4.79 Å². The Bertz CT molecular complexity index is 1200. The van der Waals surface area contributed by atoms with Gasteiger partial charge in [0.2, 0.25) is 22.0 Å². The summed E-state index contributed by atoms with van der Waals surface area (Å²) < 4.78 is 43.8. The minimum absolute atomic E-state index is 0.00342. The number of hydrogen-bond acceptors (Lipinski definition) is 7. The zero-order chi connectivity index (χ0) is 24.5. The lowest BCUT2D eigenvalue weighted by Crippen LogP contribution is -2.52. The highest BCUT2D eigenvalue weighted by Gasteiger charge is 2.40. The fourth-order valence-electron chi connectivity index (χ4n) is 4.44. The van der Waals surface area contributed by atoms with Crippen molar-refractivity contribution in [3.8, 4) is 11.5 Å². The largest absolute Gasteiger partial charge is 0.496 e. The molecule has 0 unspecified atom stereocenters. The minimum Gasteiger partial charge on any atom is -0.496 e. The summed E-state index contributed by atoms with van der Waals surface area (Å²) in [6.07, 6.45) is 0.154. The second-order valence-corrected chi connectivity index (χ2v) is 10.3. The molecule has 2 aromatic rings. The smallest absolute Gasteiger partial charge is 0.348 e. The number of methoxy groups -OCH3 is 2. The summed E-state index contributed by atoms with van der Waals surface area (Å²) in [5.41, 5.74) is 1.27. The molecule has 182 valence electrons. The van der Waals surface area contributed by atoms with Crippen molar-refractivity contribution in [3.63, 3.8) is 0 Å². The molecule has 1 fully saturated rings. The Balaban J connectivity index is 1.57. The number of carbonyl (C=O) groups excluding carboxylic acids is 2. The molecule has 0 saturated carbocycles. The highest BCUT2D eigenvalue weighted by atomic mass is 32.2. The first-order chi connectivity index (χ1) is 16.3. The predicted octanol–water partition coefficient (Wildman–Crippen LogP) is 2.37. The highest BCUT2D eigenvalue weighted by Crippen LogP contribution is 2.36. The lowest BCUT2D eigenvalue weighted by atomic mass is 9.97. The SMILES string of the molecule is COC(=O)[C@@H]1CN(C(=O)[C@@H]2CCCN(S(=O)(=O)c3ccc(OC)c(C)c3)C2)c2ccccc2O1. The Morgan fingerprint density at radius 3 is 2.56 bits per heavy atom. The molecule has 2 atom stereocenters. The summed E-state index contributed by atoms with van der Waals surface area (Å²) in [5, 5.41) is 0. The van der Waals surface area contributed by atoms with E-state index in [4.69, 9.17) is 14.2 Å². The lowest BCUT2D eigenvalue weighted by Gasteiger charge is -2.38. The van der Waals surface area contributed by atoms with Crippen LogP contribution in [0, 0.1) is 12.8 Å². The third-order valence-electron chi connectivity index (χ3n) is 6.24. The fourth-order valence-corrected chi connectivity index (χ4v) is 6.05. The predicted molar refractivity (Wildman–Crippen MR) is 124 cm³/mol. The molecule has 1 amide bonds. The van der Waals surface area contributed by atoms with Gasteiger partial charge in [0.1, 0.15) is 11.5 Å². The van der Waals surface area contributed by atoms with Crippen molar-refractivity contribution in [2.75, 3.05) is 38.8 Å². The quantitative estimate of drug-likeness (QED) is 0.596. The summed E-state index contributed by atoms with van der Waals surface area (Å²) in [5.74, 6) is -0.346. The molecule has 4 rings (SSSR count). The number of rotatable bonds is 5. The third kappa shape index (κ3) is 4.47. The minimum atomic E-state index is -3.79. The van der Waals surface area contributed by atoms with Crippen LogP contribution in [0.25, 0.3) is 0 Å². The van der Waals surface area contributed by atoms with E-state index in [0.717, 1.165) is 0 Å². The van der Waals surface area contributed by atoms with Crippen LogP contribution in [0.5, 0.6) is 11.5 Å². The number of amides is 1. The van der Waals surface area contributed by atoms with Crippen molar-refractivity contribution < 1.29 is 32.2 Å². The molecule has 0 N–H and O–H groups in total. The van der Waals surface area contributed by atoms with Crippen LogP contribution >= 0.6 is 0 Å². The van der Waals surface area contributed by atoms with Crippen molar-refractivity contribution in [1.82, 2.24) is 4.31 Å². The van der Waals surface area contributed by atoms with Gasteiger partial charge < -0.3 is 19.1 Å². The van der Waals surface area contributed by atoms with Gasteiger partial charge in [-0.15, -0.1) is 0 Å².